The van der Waals surface area contributed by atoms with Gasteiger partial charge in [0, 0.05) is 24.8 Å². The zero-order valence-corrected chi connectivity index (χ0v) is 16.8. The van der Waals surface area contributed by atoms with Gasteiger partial charge in [-0.05, 0) is 12.1 Å². The smallest absolute Gasteiger partial charge is 0.277 e. The van der Waals surface area contributed by atoms with Crippen LogP contribution in [0.3, 0.4) is 0 Å². The maximum atomic E-state index is 14.0. The van der Waals surface area contributed by atoms with Gasteiger partial charge < -0.3 is 20.1 Å². The molecule has 2 aliphatic rings. The van der Waals surface area contributed by atoms with Crippen molar-refractivity contribution in [1.29, 1.82) is 0 Å². The van der Waals surface area contributed by atoms with Gasteiger partial charge in [0.25, 0.3) is 11.8 Å². The molecule has 0 unspecified atom stereocenters. The lowest BCUT2D eigenvalue weighted by Crippen LogP contribution is -2.57. The number of hydrogen-bond donors (Lipinski definition) is 2. The van der Waals surface area contributed by atoms with Gasteiger partial charge in [-0.2, -0.15) is 0 Å². The number of carbonyl (C=O) groups is 2. The molecule has 2 amide bonds. The van der Waals surface area contributed by atoms with Crippen molar-refractivity contribution < 1.29 is 28.2 Å². The summed E-state index contributed by atoms with van der Waals surface area (Å²) in [6.07, 6.45) is 1.12. The number of nitrogens with one attached hydrogen (secondary N) is 1. The summed E-state index contributed by atoms with van der Waals surface area (Å²) in [5, 5.41) is 14.0. The summed E-state index contributed by atoms with van der Waals surface area (Å²) in [6, 6.07) is 1.99. The number of carbonyl (C=O) groups excluding carboxylic acids is 2. The number of fused-ring (bicyclic) bond motifs is 4. The van der Waals surface area contributed by atoms with Crippen molar-refractivity contribution in [2.75, 3.05) is 38.0 Å². The Balaban J connectivity index is 1.67. The Morgan fingerprint density at radius 3 is 2.74 bits per heavy atom. The molecule has 0 spiro atoms. The first-order valence-electron chi connectivity index (χ1n) is 9.31. The first kappa shape index (κ1) is 21.1. The van der Waals surface area contributed by atoms with Crippen molar-refractivity contribution in [3.05, 3.63) is 62.0 Å². The molecule has 164 valence electrons. The summed E-state index contributed by atoms with van der Waals surface area (Å²) in [6.45, 7) is 0.868. The van der Waals surface area contributed by atoms with E-state index in [1.165, 1.54) is 9.58 Å². The number of hydrogen-bond acceptors (Lipinski definition) is 6. The number of aromatic hydroxyl groups is 1. The summed E-state index contributed by atoms with van der Waals surface area (Å²) in [5.74, 6) is -4.38. The molecule has 0 saturated carbocycles. The van der Waals surface area contributed by atoms with Crippen LogP contribution in [-0.4, -0.2) is 59.5 Å². The van der Waals surface area contributed by atoms with E-state index in [2.05, 4.69) is 5.32 Å². The number of halogens is 3. The van der Waals surface area contributed by atoms with Crippen LogP contribution in [0.5, 0.6) is 5.75 Å². The molecular weight excluding hydrogens is 438 g/mol. The Morgan fingerprint density at radius 1 is 1.23 bits per heavy atom. The fraction of sp³-hybridized carbons (Fsp3) is 0.316. The van der Waals surface area contributed by atoms with E-state index in [-0.39, 0.29) is 23.9 Å². The highest BCUT2D eigenvalue weighted by molar-refractivity contribution is 6.30. The molecular formula is C19H17ClF2N4O5. The van der Waals surface area contributed by atoms with Gasteiger partial charge in [-0.25, -0.2) is 8.78 Å². The Labute approximate surface area is 179 Å². The highest BCUT2D eigenvalue weighted by Gasteiger charge is 2.34. The van der Waals surface area contributed by atoms with Gasteiger partial charge in [0.1, 0.15) is 23.9 Å². The lowest BCUT2D eigenvalue weighted by atomic mass is 10.1. The molecule has 12 heteroatoms. The minimum absolute atomic E-state index is 0.178. The second-order valence-corrected chi connectivity index (χ2v) is 7.38. The highest BCUT2D eigenvalue weighted by atomic mass is 35.5. The summed E-state index contributed by atoms with van der Waals surface area (Å²) in [7, 11) is 0. The second-order valence-electron chi connectivity index (χ2n) is 6.97. The quantitative estimate of drug-likeness (QED) is 0.665. The minimum Gasteiger partial charge on any atom is -0.502 e. The van der Waals surface area contributed by atoms with E-state index in [1.54, 1.807) is 5.01 Å². The number of aromatic nitrogens is 1. The van der Waals surface area contributed by atoms with E-state index in [1.807, 2.05) is 0 Å². The summed E-state index contributed by atoms with van der Waals surface area (Å²) in [4.78, 5) is 39.3. The van der Waals surface area contributed by atoms with Crippen LogP contribution < -0.4 is 15.8 Å². The largest absolute Gasteiger partial charge is 0.502 e. The van der Waals surface area contributed by atoms with Crippen LogP contribution in [0.25, 0.3) is 0 Å². The Bertz CT molecular complexity index is 1140. The predicted molar refractivity (Wildman–Crippen MR) is 105 cm³/mol. The Hall–Kier alpha value is -3.18. The summed E-state index contributed by atoms with van der Waals surface area (Å²) in [5.41, 5.74) is -2.30. The molecule has 0 aliphatic carbocycles. The molecule has 2 aliphatic heterocycles. The molecule has 2 N–H and O–H groups in total. The van der Waals surface area contributed by atoms with Gasteiger partial charge in [0.05, 0.1) is 24.8 Å². The lowest BCUT2D eigenvalue weighted by Gasteiger charge is -2.41. The third kappa shape index (κ3) is 3.70. The van der Waals surface area contributed by atoms with Crippen molar-refractivity contribution in [1.82, 2.24) is 14.9 Å². The number of benzene rings is 1. The molecule has 0 atom stereocenters. The van der Waals surface area contributed by atoms with Crippen molar-refractivity contribution in [3.63, 3.8) is 0 Å². The van der Waals surface area contributed by atoms with Gasteiger partial charge in [-0.1, -0.05) is 11.6 Å². The first-order chi connectivity index (χ1) is 14.8. The number of pyridine rings is 1. The van der Waals surface area contributed by atoms with Crippen molar-refractivity contribution in [3.8, 4) is 5.75 Å². The number of ether oxygens (including phenoxy) is 1. The maximum absolute atomic E-state index is 14.0. The topological polar surface area (TPSA) is 104 Å². The SMILES string of the molecule is O=C(NCc1c(F)ccc(Cl)c1F)c1cn2c(c(O)c1=O)C(=O)N1CCOCCN2C1. The molecule has 31 heavy (non-hydrogen) atoms. The first-order valence-corrected chi connectivity index (χ1v) is 9.69. The van der Waals surface area contributed by atoms with Crippen LogP contribution in [0.15, 0.2) is 23.1 Å². The van der Waals surface area contributed by atoms with Gasteiger partial charge in [-0.15, -0.1) is 0 Å². The van der Waals surface area contributed by atoms with E-state index in [0.29, 0.717) is 19.8 Å². The zero-order valence-electron chi connectivity index (χ0n) is 16.0. The average molecular weight is 455 g/mol. The van der Waals surface area contributed by atoms with Crippen LogP contribution in [-0.2, 0) is 11.3 Å². The van der Waals surface area contributed by atoms with E-state index in [9.17, 15) is 28.3 Å². The van der Waals surface area contributed by atoms with Crippen LogP contribution in [0.4, 0.5) is 8.78 Å². The Kier molecular flexibility index (Phi) is 5.54. The van der Waals surface area contributed by atoms with E-state index in [0.717, 1.165) is 18.3 Å². The molecule has 9 nitrogen and oxygen atoms in total. The highest BCUT2D eigenvalue weighted by Crippen LogP contribution is 2.23. The van der Waals surface area contributed by atoms with Gasteiger partial charge in [-0.3, -0.25) is 24.1 Å². The second kappa shape index (κ2) is 8.16. The monoisotopic (exact) mass is 454 g/mol. The number of rotatable bonds is 3. The van der Waals surface area contributed by atoms with Crippen molar-refractivity contribution in [2.24, 2.45) is 0 Å². The molecule has 2 aromatic rings. The minimum atomic E-state index is -1.07. The molecule has 1 aromatic carbocycles. The van der Waals surface area contributed by atoms with Crippen LogP contribution in [0, 0.1) is 11.6 Å². The Morgan fingerprint density at radius 2 is 1.97 bits per heavy atom. The molecule has 1 saturated heterocycles. The standard InChI is InChI=1S/C19H17ClF2N4O5/c20-12-1-2-13(21)10(14(12)22)7-23-18(29)11-8-26-15(17(28)16(11)27)19(30)24-3-5-31-6-4-25(26)9-24/h1-2,8,28H,3-7,9H2,(H,23,29). The summed E-state index contributed by atoms with van der Waals surface area (Å²) >= 11 is 5.64. The van der Waals surface area contributed by atoms with Gasteiger partial charge >= 0.3 is 0 Å². The van der Waals surface area contributed by atoms with Crippen LogP contribution in [0.2, 0.25) is 5.02 Å². The fourth-order valence-electron chi connectivity index (χ4n) is 3.44. The molecule has 0 radical (unpaired) electrons. The van der Waals surface area contributed by atoms with Gasteiger partial charge in [0.2, 0.25) is 5.43 Å². The maximum Gasteiger partial charge on any atom is 0.277 e. The third-order valence-corrected chi connectivity index (χ3v) is 5.39. The summed E-state index contributed by atoms with van der Waals surface area (Å²) < 4.78 is 34.6. The van der Waals surface area contributed by atoms with Crippen molar-refractivity contribution in [2.45, 2.75) is 6.54 Å². The molecule has 1 aromatic heterocycles. The normalized spacial score (nSPS) is 15.9. The number of amides is 2. The van der Waals surface area contributed by atoms with Crippen LogP contribution in [0.1, 0.15) is 26.4 Å². The third-order valence-electron chi connectivity index (χ3n) is 5.10. The molecule has 3 heterocycles. The van der Waals surface area contributed by atoms with E-state index in [4.69, 9.17) is 16.3 Å². The van der Waals surface area contributed by atoms with Gasteiger partial charge in [0.15, 0.2) is 11.4 Å². The predicted octanol–water partition coefficient (Wildman–Crippen LogP) is 0.797. The average Bonchev–Trinajstić information content (AvgIpc) is 2.72. The number of nitrogens with zero attached hydrogens (tertiary/aromatic N) is 3. The lowest BCUT2D eigenvalue weighted by molar-refractivity contribution is 0.0473. The zero-order chi connectivity index (χ0) is 22.3. The molecule has 1 fully saturated rings. The van der Waals surface area contributed by atoms with Crippen LogP contribution >= 0.6 is 11.6 Å². The van der Waals surface area contributed by atoms with Crippen molar-refractivity contribution >= 4 is 23.4 Å². The van der Waals surface area contributed by atoms with E-state index < -0.39 is 52.3 Å². The molecule has 2 bridgehead atoms. The molecule has 4 rings (SSSR count). The van der Waals surface area contributed by atoms with E-state index >= 15 is 0 Å². The fourth-order valence-corrected chi connectivity index (χ4v) is 3.62.